The number of aromatic amines is 2. The van der Waals surface area contributed by atoms with Crippen LogP contribution in [0.3, 0.4) is 0 Å². The summed E-state index contributed by atoms with van der Waals surface area (Å²) in [7, 11) is 0. The molecule has 4 aromatic rings. The van der Waals surface area contributed by atoms with Crippen LogP contribution >= 0.6 is 17.0 Å². The van der Waals surface area contributed by atoms with Crippen molar-refractivity contribution in [3.8, 4) is 0 Å². The fourth-order valence-electron chi connectivity index (χ4n) is 3.74. The van der Waals surface area contributed by atoms with Crippen molar-refractivity contribution in [3.05, 3.63) is 109 Å². The molecule has 2 heterocycles. The Bertz CT molecular complexity index is 1040. The van der Waals surface area contributed by atoms with Crippen molar-refractivity contribution in [1.82, 2.24) is 9.97 Å². The SMILES string of the molecule is Br.CC=CC1(C)C=CC=C(C)C1C.c1ccc2[nH]ccc2c1.c1ccc2[nH]ccc2c1. The van der Waals surface area contributed by atoms with Gasteiger partial charge in [-0.2, -0.15) is 0 Å². The number of hydrogen-bond acceptors (Lipinski definition) is 0. The second-order valence-corrected chi connectivity index (χ2v) is 7.99. The van der Waals surface area contributed by atoms with E-state index in [2.05, 4.69) is 104 Å². The van der Waals surface area contributed by atoms with E-state index in [1.54, 1.807) is 0 Å². The van der Waals surface area contributed by atoms with Gasteiger partial charge in [-0.3, -0.25) is 0 Å². The summed E-state index contributed by atoms with van der Waals surface area (Å²) >= 11 is 0. The van der Waals surface area contributed by atoms with E-state index in [0.29, 0.717) is 5.92 Å². The first kappa shape index (κ1) is 24.5. The summed E-state index contributed by atoms with van der Waals surface area (Å²) in [5.74, 6) is 0.624. The lowest BCUT2D eigenvalue weighted by molar-refractivity contribution is 0.398. The highest BCUT2D eigenvalue weighted by Gasteiger charge is 2.27. The van der Waals surface area contributed by atoms with Crippen molar-refractivity contribution in [2.24, 2.45) is 11.3 Å². The van der Waals surface area contributed by atoms with Crippen LogP contribution in [0.15, 0.2) is 109 Å². The predicted molar refractivity (Wildman–Crippen MR) is 142 cm³/mol. The first-order valence-electron chi connectivity index (χ1n) is 10.6. The van der Waals surface area contributed by atoms with E-state index in [9.17, 15) is 0 Å². The molecule has 2 nitrogen and oxygen atoms in total. The molecule has 2 atom stereocenters. The van der Waals surface area contributed by atoms with Gasteiger partial charge in [0.1, 0.15) is 0 Å². The Balaban J connectivity index is 0.000000164. The second-order valence-electron chi connectivity index (χ2n) is 7.99. The van der Waals surface area contributed by atoms with E-state index in [-0.39, 0.29) is 22.4 Å². The molecule has 0 amide bonds. The van der Waals surface area contributed by atoms with E-state index in [1.165, 1.54) is 27.4 Å². The van der Waals surface area contributed by atoms with Gasteiger partial charge < -0.3 is 9.97 Å². The summed E-state index contributed by atoms with van der Waals surface area (Å²) in [5.41, 5.74) is 4.11. The van der Waals surface area contributed by atoms with Crippen LogP contribution < -0.4 is 0 Å². The van der Waals surface area contributed by atoms with Crippen molar-refractivity contribution in [2.75, 3.05) is 0 Å². The summed E-state index contributed by atoms with van der Waals surface area (Å²) in [4.78, 5) is 6.24. The third kappa shape index (κ3) is 6.35. The Morgan fingerprint density at radius 1 is 0.839 bits per heavy atom. The van der Waals surface area contributed by atoms with Gasteiger partial charge in [-0.1, -0.05) is 86.2 Å². The van der Waals surface area contributed by atoms with Gasteiger partial charge in [-0.25, -0.2) is 0 Å². The monoisotopic (exact) mass is 476 g/mol. The summed E-state index contributed by atoms with van der Waals surface area (Å²) < 4.78 is 0. The number of halogens is 1. The first-order chi connectivity index (χ1) is 14.5. The van der Waals surface area contributed by atoms with Crippen molar-refractivity contribution < 1.29 is 0 Å². The Kier molecular flexibility index (Phi) is 9.14. The molecule has 3 heteroatoms. The molecule has 0 fully saturated rings. The molecule has 5 rings (SSSR count). The molecular weight excluding hydrogens is 444 g/mol. The van der Waals surface area contributed by atoms with Crippen molar-refractivity contribution in [3.63, 3.8) is 0 Å². The molecule has 2 aromatic carbocycles. The zero-order valence-electron chi connectivity index (χ0n) is 18.8. The number of fused-ring (bicyclic) bond motifs is 2. The van der Waals surface area contributed by atoms with Gasteiger partial charge >= 0.3 is 0 Å². The minimum Gasteiger partial charge on any atom is -0.361 e. The molecule has 0 saturated carbocycles. The average molecular weight is 477 g/mol. The van der Waals surface area contributed by atoms with E-state index in [0.717, 1.165) is 0 Å². The van der Waals surface area contributed by atoms with Crippen molar-refractivity contribution in [1.29, 1.82) is 0 Å². The van der Waals surface area contributed by atoms with Crippen LogP contribution in [-0.2, 0) is 0 Å². The molecule has 2 unspecified atom stereocenters. The van der Waals surface area contributed by atoms with Gasteiger partial charge in [-0.05, 0) is 54.8 Å². The molecule has 0 aliphatic heterocycles. The molecule has 0 radical (unpaired) electrons. The molecular formula is C28H33BrN2. The summed E-state index contributed by atoms with van der Waals surface area (Å²) in [6.07, 6.45) is 15.0. The number of benzene rings is 2. The Morgan fingerprint density at radius 3 is 1.84 bits per heavy atom. The Labute approximate surface area is 196 Å². The minimum absolute atomic E-state index is 0. The van der Waals surface area contributed by atoms with Gasteiger partial charge in [0, 0.05) is 28.8 Å². The third-order valence-electron chi connectivity index (χ3n) is 5.88. The lowest BCUT2D eigenvalue weighted by atomic mass is 9.72. The van der Waals surface area contributed by atoms with E-state index in [1.807, 2.05) is 36.7 Å². The summed E-state index contributed by atoms with van der Waals surface area (Å²) in [6, 6.07) is 20.6. The number of nitrogens with one attached hydrogen (secondary N) is 2. The van der Waals surface area contributed by atoms with Crippen molar-refractivity contribution >= 4 is 38.8 Å². The number of para-hydroxylation sites is 2. The number of H-pyrrole nitrogens is 2. The van der Waals surface area contributed by atoms with Crippen LogP contribution in [0.2, 0.25) is 0 Å². The van der Waals surface area contributed by atoms with Crippen LogP contribution in [0.5, 0.6) is 0 Å². The first-order valence-corrected chi connectivity index (χ1v) is 10.6. The second kappa shape index (κ2) is 11.6. The average Bonchev–Trinajstić information content (AvgIpc) is 3.42. The standard InChI is InChI=1S/C12H18.2C8H7N.BrH/c1-5-8-12(4)9-6-7-10(2)11(12)3;2*1-2-4-8-7(3-1)5-6-9-8;/h5-9,11H,1-4H3;2*1-6,9H;1H. The largest absolute Gasteiger partial charge is 0.361 e. The van der Waals surface area contributed by atoms with E-state index >= 15 is 0 Å². The molecule has 2 aromatic heterocycles. The molecule has 31 heavy (non-hydrogen) atoms. The Hall–Kier alpha value is -2.78. The van der Waals surface area contributed by atoms with Crippen LogP contribution in [-0.4, -0.2) is 9.97 Å². The van der Waals surface area contributed by atoms with Gasteiger partial charge in [-0.15, -0.1) is 17.0 Å². The molecule has 162 valence electrons. The fraction of sp³-hybridized carbons (Fsp3) is 0.214. The van der Waals surface area contributed by atoms with Crippen LogP contribution in [0.25, 0.3) is 21.8 Å². The maximum absolute atomic E-state index is 3.12. The van der Waals surface area contributed by atoms with E-state index in [4.69, 9.17) is 0 Å². The zero-order chi connectivity index (χ0) is 21.4. The van der Waals surface area contributed by atoms with Crippen LogP contribution in [0.4, 0.5) is 0 Å². The van der Waals surface area contributed by atoms with Crippen LogP contribution in [0.1, 0.15) is 27.7 Å². The van der Waals surface area contributed by atoms with Gasteiger partial charge in [0.15, 0.2) is 0 Å². The number of allylic oxidation sites excluding steroid dienone is 6. The van der Waals surface area contributed by atoms with Crippen molar-refractivity contribution in [2.45, 2.75) is 27.7 Å². The molecule has 2 N–H and O–H groups in total. The van der Waals surface area contributed by atoms with Gasteiger partial charge in [0.25, 0.3) is 0 Å². The maximum atomic E-state index is 3.12. The minimum atomic E-state index is 0. The third-order valence-corrected chi connectivity index (χ3v) is 5.88. The smallest absolute Gasteiger partial charge is 0.0453 e. The highest BCUT2D eigenvalue weighted by molar-refractivity contribution is 8.93. The summed E-state index contributed by atoms with van der Waals surface area (Å²) in [6.45, 7) is 8.86. The number of aromatic nitrogens is 2. The molecule has 1 aliphatic carbocycles. The maximum Gasteiger partial charge on any atom is 0.0453 e. The number of hydrogen-bond donors (Lipinski definition) is 2. The highest BCUT2D eigenvalue weighted by Crippen LogP contribution is 2.38. The normalized spacial score (nSPS) is 19.7. The van der Waals surface area contributed by atoms with Gasteiger partial charge in [0.05, 0.1) is 0 Å². The number of rotatable bonds is 1. The molecule has 0 bridgehead atoms. The fourth-order valence-corrected chi connectivity index (χ4v) is 3.74. The lowest BCUT2D eigenvalue weighted by Crippen LogP contribution is -2.23. The topological polar surface area (TPSA) is 31.6 Å². The highest BCUT2D eigenvalue weighted by atomic mass is 79.9. The molecule has 1 aliphatic rings. The predicted octanol–water partition coefficient (Wildman–Crippen LogP) is 8.63. The van der Waals surface area contributed by atoms with Gasteiger partial charge in [0.2, 0.25) is 0 Å². The summed E-state index contributed by atoms with van der Waals surface area (Å²) in [5, 5.41) is 2.55. The van der Waals surface area contributed by atoms with Crippen LogP contribution in [0, 0.1) is 11.3 Å². The quantitative estimate of drug-likeness (QED) is 0.257. The molecule has 0 spiro atoms. The van der Waals surface area contributed by atoms with E-state index < -0.39 is 0 Å². The lowest BCUT2D eigenvalue weighted by Gasteiger charge is -2.33. The zero-order valence-corrected chi connectivity index (χ0v) is 20.5. The molecule has 0 saturated heterocycles. The Morgan fingerprint density at radius 2 is 1.35 bits per heavy atom.